The number of imidazole rings is 1. The van der Waals surface area contributed by atoms with Gasteiger partial charge >= 0.3 is 0 Å². The molecule has 13 aromatic rings. The first-order chi connectivity index (χ1) is 40.6. The molecule has 14 rings (SSSR count). The minimum Gasteiger partial charge on any atom is -0.500 e. The molecule has 11 aromatic carbocycles. The van der Waals surface area contributed by atoms with Crippen molar-refractivity contribution in [1.82, 2.24) is 14.5 Å². The third-order valence-corrected chi connectivity index (χ3v) is 15.2. The summed E-state index contributed by atoms with van der Waals surface area (Å²) >= 11 is 0. The number of benzene rings is 11. The van der Waals surface area contributed by atoms with E-state index in [1.165, 1.54) is 11.1 Å². The van der Waals surface area contributed by atoms with Crippen LogP contribution in [-0.2, 0) is 20.1 Å². The molecule has 1 radical (unpaired) electrons. The molecule has 0 spiro atoms. The van der Waals surface area contributed by atoms with E-state index < -0.39 is 0 Å². The molecule has 0 fully saturated rings. The van der Waals surface area contributed by atoms with Crippen molar-refractivity contribution >= 4 is 11.4 Å². The van der Waals surface area contributed by atoms with E-state index in [9.17, 15) is 0 Å². The molecule has 2 aromatic heterocycles. The molecular formula is C77H51IrN5-4. The Balaban J connectivity index is 0.00000645. The van der Waals surface area contributed by atoms with Gasteiger partial charge in [0.25, 0.3) is 0 Å². The van der Waals surface area contributed by atoms with Crippen molar-refractivity contribution in [3.05, 3.63) is 329 Å². The van der Waals surface area contributed by atoms with E-state index in [2.05, 4.69) is 282 Å². The zero-order valence-corrected chi connectivity index (χ0v) is 47.4. The molecule has 0 aliphatic carbocycles. The van der Waals surface area contributed by atoms with Gasteiger partial charge in [0.1, 0.15) is 0 Å². The second kappa shape index (κ2) is 23.5. The van der Waals surface area contributed by atoms with Gasteiger partial charge in [0, 0.05) is 50.1 Å². The normalized spacial score (nSPS) is 11.9. The molecule has 0 unspecified atom stereocenters. The van der Waals surface area contributed by atoms with Gasteiger partial charge in [-0.1, -0.05) is 209 Å². The SMILES string of the molecule is [Ir].[c-]1cc(-c2ccccc2-c2cc(-c3ccccc3-c3c[c-]c(-c4nccn4-c4ccccc4)cc3)cc(-c3ccccc3-c3c[c-]c(N4C=CN(c5ccccc5)[CH-]4)cc3)c2)c(-c2ccc(-c3ccccc3)cc2)cc1-c1ccccn1. The second-order valence-corrected chi connectivity index (χ2v) is 20.2. The largest absolute Gasteiger partial charge is 0.500 e. The molecule has 6 heteroatoms. The van der Waals surface area contributed by atoms with Crippen LogP contribution in [0.25, 0.3) is 117 Å². The maximum absolute atomic E-state index is 4.77. The number of hydrogen-bond acceptors (Lipinski definition) is 4. The quantitative estimate of drug-likeness (QED) is 0.108. The fourth-order valence-corrected chi connectivity index (χ4v) is 11.2. The summed E-state index contributed by atoms with van der Waals surface area (Å²) in [5, 5.41) is 0. The number of nitrogens with zero attached hydrogens (tertiary/aromatic N) is 5. The number of anilines is 2. The second-order valence-electron chi connectivity index (χ2n) is 20.2. The Kier molecular flexibility index (Phi) is 14.7. The molecule has 83 heavy (non-hydrogen) atoms. The summed E-state index contributed by atoms with van der Waals surface area (Å²) in [6, 6.07) is 108. The van der Waals surface area contributed by atoms with Crippen LogP contribution >= 0.6 is 0 Å². The summed E-state index contributed by atoms with van der Waals surface area (Å²) in [4.78, 5) is 13.8. The van der Waals surface area contributed by atoms with Crippen molar-refractivity contribution in [2.45, 2.75) is 0 Å². The summed E-state index contributed by atoms with van der Waals surface area (Å²) in [6.45, 7) is 2.09. The minimum absolute atomic E-state index is 0. The van der Waals surface area contributed by atoms with Crippen LogP contribution in [0.1, 0.15) is 0 Å². The van der Waals surface area contributed by atoms with Gasteiger partial charge in [-0.15, -0.1) is 77.6 Å². The number of rotatable bonds is 13. The Hall–Kier alpha value is -10.2. The van der Waals surface area contributed by atoms with Gasteiger partial charge in [-0.2, -0.15) is 18.2 Å². The van der Waals surface area contributed by atoms with Gasteiger partial charge in [0.2, 0.25) is 0 Å². The summed E-state index contributed by atoms with van der Waals surface area (Å²) < 4.78 is 2.11. The molecule has 0 saturated heterocycles. The van der Waals surface area contributed by atoms with E-state index in [0.717, 1.165) is 118 Å². The average molecular weight is 1240 g/mol. The molecule has 5 nitrogen and oxygen atoms in total. The Morgan fingerprint density at radius 1 is 0.313 bits per heavy atom. The van der Waals surface area contributed by atoms with Gasteiger partial charge < -0.3 is 19.4 Å². The first-order valence-corrected chi connectivity index (χ1v) is 27.5. The van der Waals surface area contributed by atoms with Crippen LogP contribution in [0.2, 0.25) is 0 Å². The molecule has 1 aliphatic heterocycles. The summed E-state index contributed by atoms with van der Waals surface area (Å²) in [7, 11) is 0. The van der Waals surface area contributed by atoms with Crippen molar-refractivity contribution in [1.29, 1.82) is 0 Å². The van der Waals surface area contributed by atoms with Crippen molar-refractivity contribution < 1.29 is 20.1 Å². The van der Waals surface area contributed by atoms with Gasteiger partial charge in [-0.25, -0.2) is 0 Å². The monoisotopic (exact) mass is 1240 g/mol. The van der Waals surface area contributed by atoms with Crippen LogP contribution in [0.15, 0.2) is 304 Å². The zero-order valence-electron chi connectivity index (χ0n) is 45.0. The Morgan fingerprint density at radius 2 is 0.807 bits per heavy atom. The van der Waals surface area contributed by atoms with Gasteiger partial charge in [-0.3, -0.25) is 4.98 Å². The van der Waals surface area contributed by atoms with Crippen LogP contribution < -0.4 is 9.80 Å². The van der Waals surface area contributed by atoms with Crippen LogP contribution in [0, 0.1) is 24.9 Å². The predicted molar refractivity (Wildman–Crippen MR) is 337 cm³/mol. The molecule has 1 aliphatic rings. The minimum atomic E-state index is 0. The van der Waals surface area contributed by atoms with Gasteiger partial charge in [0.05, 0.1) is 5.82 Å². The van der Waals surface area contributed by atoms with E-state index in [-0.39, 0.29) is 20.1 Å². The van der Waals surface area contributed by atoms with Crippen LogP contribution in [0.4, 0.5) is 11.4 Å². The molecule has 0 amide bonds. The molecule has 0 saturated carbocycles. The molecule has 0 bridgehead atoms. The maximum Gasteiger partial charge on any atom is 0.0602 e. The van der Waals surface area contributed by atoms with Gasteiger partial charge in [0.15, 0.2) is 0 Å². The Labute approximate surface area is 498 Å². The van der Waals surface area contributed by atoms with Crippen LogP contribution in [0.5, 0.6) is 0 Å². The summed E-state index contributed by atoms with van der Waals surface area (Å²) in [5.41, 5.74) is 23.5. The van der Waals surface area contributed by atoms with E-state index >= 15 is 0 Å². The smallest absolute Gasteiger partial charge is 0.0602 e. The number of hydrogen-bond donors (Lipinski definition) is 0. The first kappa shape index (κ1) is 52.2. The summed E-state index contributed by atoms with van der Waals surface area (Å²) in [6.07, 6.45) is 9.83. The number of aromatic nitrogens is 3. The maximum atomic E-state index is 4.77. The standard InChI is InChI=1S/C77H51N5.Ir/c1-4-18-55(19-5-1)56-31-33-59(34-32-56)75-53-61(76-30-16-17-45-78-76)41-44-74(75)73-29-15-14-28-72(73)64-51-62(70-26-12-10-24-68(70)57-35-37-60(38-36-57)77-79-46-47-82(77)67-22-8-3-9-23-67)50-63(52-64)71-27-13-11-25-69(71)58-39-42-66(43-40-58)81-49-48-80(54-81)65-20-6-2-7-21-65;/h1-37,39-40,42,44-54H;/q-4;. The predicted octanol–water partition coefficient (Wildman–Crippen LogP) is 19.3. The van der Waals surface area contributed by atoms with E-state index in [1.54, 1.807) is 0 Å². The molecular weight excluding hydrogens is 1190 g/mol. The van der Waals surface area contributed by atoms with E-state index in [1.807, 2.05) is 61.1 Å². The molecule has 3 heterocycles. The number of pyridine rings is 1. The van der Waals surface area contributed by atoms with Crippen molar-refractivity contribution in [2.75, 3.05) is 9.80 Å². The fourth-order valence-electron chi connectivity index (χ4n) is 11.2. The Morgan fingerprint density at radius 3 is 1.40 bits per heavy atom. The topological polar surface area (TPSA) is 37.2 Å². The summed E-state index contributed by atoms with van der Waals surface area (Å²) in [5.74, 6) is 0.838. The van der Waals surface area contributed by atoms with Crippen LogP contribution in [0.3, 0.4) is 0 Å². The first-order valence-electron chi connectivity index (χ1n) is 27.5. The van der Waals surface area contributed by atoms with Crippen LogP contribution in [-0.4, -0.2) is 14.5 Å². The third kappa shape index (κ3) is 10.7. The zero-order chi connectivity index (χ0) is 54.6. The third-order valence-electron chi connectivity index (χ3n) is 15.2. The molecule has 0 N–H and O–H groups in total. The molecule has 0 atom stereocenters. The van der Waals surface area contributed by atoms with Crippen molar-refractivity contribution in [3.8, 4) is 117 Å². The molecule has 397 valence electrons. The number of para-hydroxylation sites is 2. The van der Waals surface area contributed by atoms with Gasteiger partial charge in [-0.05, 0) is 117 Å². The van der Waals surface area contributed by atoms with E-state index in [0.29, 0.717) is 0 Å². The van der Waals surface area contributed by atoms with E-state index in [4.69, 9.17) is 9.97 Å². The average Bonchev–Trinajstić information content (AvgIpc) is 4.44. The van der Waals surface area contributed by atoms with Crippen molar-refractivity contribution in [2.24, 2.45) is 0 Å². The van der Waals surface area contributed by atoms with Crippen molar-refractivity contribution in [3.63, 3.8) is 0 Å². The fraction of sp³-hybridized carbons (Fsp3) is 0. The Bertz CT molecular complexity index is 4390.